The van der Waals surface area contributed by atoms with Crippen LogP contribution in [0.4, 0.5) is 0 Å². The highest BCUT2D eigenvalue weighted by atomic mass is 16.3. The second-order valence-corrected chi connectivity index (χ2v) is 14.2. The number of hydrogen-bond acceptors (Lipinski definition) is 6. The minimum Gasteiger partial charge on any atom is -0.456 e. The van der Waals surface area contributed by atoms with E-state index in [1.54, 1.807) is 12.4 Å². The predicted molar refractivity (Wildman–Crippen MR) is 228 cm³/mol. The predicted octanol–water partition coefficient (Wildman–Crippen LogP) is 12.8. The lowest BCUT2D eigenvalue weighted by molar-refractivity contribution is 0.667. The van der Waals surface area contributed by atoms with Gasteiger partial charge in [0.05, 0.1) is 22.9 Å². The van der Waals surface area contributed by atoms with Gasteiger partial charge in [-0.05, 0) is 59.7 Å². The van der Waals surface area contributed by atoms with Crippen molar-refractivity contribution in [1.82, 2.24) is 24.5 Å². The van der Waals surface area contributed by atoms with E-state index in [0.717, 1.165) is 88.4 Å². The van der Waals surface area contributed by atoms with Crippen LogP contribution in [0.2, 0.25) is 0 Å². The van der Waals surface area contributed by atoms with E-state index in [-0.39, 0.29) is 0 Å². The summed E-state index contributed by atoms with van der Waals surface area (Å²) < 4.78 is 14.9. The third-order valence-electron chi connectivity index (χ3n) is 11.0. The molecule has 5 aromatic heterocycles. The lowest BCUT2D eigenvalue weighted by atomic mass is 9.95. The molecule has 0 saturated carbocycles. The summed E-state index contributed by atoms with van der Waals surface area (Å²) in [4.78, 5) is 20.4. The molecule has 0 radical (unpaired) electrons. The zero-order valence-corrected chi connectivity index (χ0v) is 30.3. The Kier molecular flexibility index (Phi) is 6.79. The minimum atomic E-state index is 0.553. The SMILES string of the molecule is c1ccc(-c2cccc3oc4cnccc4c23)c(-c2nc(-c3ccccc3-n3c4ccccc4c4ccccc43)nc(-c3cccc4oc5ccccc5c34)n2)c1. The molecule has 0 bridgehead atoms. The van der Waals surface area contributed by atoms with Gasteiger partial charge in [-0.1, -0.05) is 115 Å². The maximum atomic E-state index is 6.35. The van der Waals surface area contributed by atoms with E-state index in [1.807, 2.05) is 60.7 Å². The molecule has 0 unspecified atom stereocenters. The molecule has 0 fully saturated rings. The van der Waals surface area contributed by atoms with Gasteiger partial charge in [0.25, 0.3) is 0 Å². The van der Waals surface area contributed by atoms with E-state index in [1.165, 1.54) is 10.8 Å². The smallest absolute Gasteiger partial charge is 0.166 e. The average molecular weight is 732 g/mol. The number of furan rings is 2. The molecule has 12 rings (SSSR count). The third kappa shape index (κ3) is 4.79. The quantitative estimate of drug-likeness (QED) is 0.175. The Balaban J connectivity index is 1.16. The van der Waals surface area contributed by atoms with Crippen LogP contribution in [0, 0.1) is 0 Å². The number of rotatable bonds is 5. The monoisotopic (exact) mass is 731 g/mol. The zero-order valence-electron chi connectivity index (χ0n) is 30.3. The summed E-state index contributed by atoms with van der Waals surface area (Å²) in [5, 5.41) is 6.35. The van der Waals surface area contributed by atoms with Gasteiger partial charge in [0.2, 0.25) is 0 Å². The van der Waals surface area contributed by atoms with Gasteiger partial charge in [0.1, 0.15) is 16.7 Å². The highest BCUT2D eigenvalue weighted by Crippen LogP contribution is 2.42. The molecule has 0 aliphatic carbocycles. The van der Waals surface area contributed by atoms with Gasteiger partial charge in [-0.3, -0.25) is 4.98 Å². The van der Waals surface area contributed by atoms with E-state index in [4.69, 9.17) is 23.8 Å². The highest BCUT2D eigenvalue weighted by Gasteiger charge is 2.23. The summed E-state index contributed by atoms with van der Waals surface area (Å²) in [5.41, 5.74) is 10.9. The Hall–Kier alpha value is -7.90. The van der Waals surface area contributed by atoms with Crippen molar-refractivity contribution >= 4 is 65.7 Å². The fraction of sp³-hybridized carbons (Fsp3) is 0. The lowest BCUT2D eigenvalue weighted by Gasteiger charge is -2.16. The number of aromatic nitrogens is 5. The molecule has 0 N–H and O–H groups in total. The molecule has 0 aliphatic rings. The first-order chi connectivity index (χ1) is 28.3. The van der Waals surface area contributed by atoms with Crippen molar-refractivity contribution in [3.63, 3.8) is 0 Å². The van der Waals surface area contributed by atoms with Crippen molar-refractivity contribution in [3.05, 3.63) is 176 Å². The van der Waals surface area contributed by atoms with E-state index in [9.17, 15) is 0 Å². The topological polar surface area (TPSA) is 82.8 Å². The van der Waals surface area contributed by atoms with Crippen molar-refractivity contribution < 1.29 is 8.83 Å². The fourth-order valence-corrected chi connectivity index (χ4v) is 8.56. The van der Waals surface area contributed by atoms with Crippen LogP contribution in [0.1, 0.15) is 0 Å². The maximum absolute atomic E-state index is 6.35. The number of benzene rings is 7. The maximum Gasteiger partial charge on any atom is 0.166 e. The van der Waals surface area contributed by atoms with E-state index >= 15 is 0 Å². The Morgan fingerprint density at radius 2 is 0.842 bits per heavy atom. The van der Waals surface area contributed by atoms with E-state index < -0.39 is 0 Å². The number of para-hydroxylation sites is 4. The summed E-state index contributed by atoms with van der Waals surface area (Å²) in [7, 11) is 0. The Morgan fingerprint density at radius 1 is 0.351 bits per heavy atom. The Labute approximate surface area is 325 Å². The molecule has 7 aromatic carbocycles. The van der Waals surface area contributed by atoms with Crippen LogP contribution in [-0.4, -0.2) is 24.5 Å². The van der Waals surface area contributed by atoms with Gasteiger partial charge in [-0.25, -0.2) is 15.0 Å². The van der Waals surface area contributed by atoms with Gasteiger partial charge in [-0.2, -0.15) is 0 Å². The molecule has 0 amide bonds. The van der Waals surface area contributed by atoms with Gasteiger partial charge >= 0.3 is 0 Å². The highest BCUT2D eigenvalue weighted by molar-refractivity contribution is 6.14. The number of nitrogens with zero attached hydrogens (tertiary/aromatic N) is 5. The van der Waals surface area contributed by atoms with Crippen LogP contribution in [0.25, 0.3) is 117 Å². The normalized spacial score (nSPS) is 11.9. The zero-order chi connectivity index (χ0) is 37.5. The van der Waals surface area contributed by atoms with Crippen molar-refractivity contribution in [2.45, 2.75) is 0 Å². The van der Waals surface area contributed by atoms with Crippen LogP contribution in [0.3, 0.4) is 0 Å². The standard InChI is InChI=1S/C50H29N5O2/c1-2-16-34(30(13-1)33-19-11-25-43-46(33)37-27-28-51-29-45(37)57-43)48-52-49(54-50(53-48)38-20-12-26-44-47(38)36-18-6-10-24-42(36)56-44)35-17-5-9-23-41(35)55-39-21-7-3-14-31(39)32-15-4-8-22-40(32)55/h1-29H. The largest absolute Gasteiger partial charge is 0.456 e. The molecular weight excluding hydrogens is 703 g/mol. The second-order valence-electron chi connectivity index (χ2n) is 14.2. The van der Waals surface area contributed by atoms with Crippen molar-refractivity contribution in [2.24, 2.45) is 0 Å². The van der Waals surface area contributed by atoms with Gasteiger partial charge in [0.15, 0.2) is 23.1 Å². The molecule has 0 saturated heterocycles. The lowest BCUT2D eigenvalue weighted by Crippen LogP contribution is -2.04. The summed E-state index contributed by atoms with van der Waals surface area (Å²) >= 11 is 0. The van der Waals surface area contributed by atoms with Gasteiger partial charge < -0.3 is 13.4 Å². The van der Waals surface area contributed by atoms with Crippen LogP contribution < -0.4 is 0 Å². The third-order valence-corrected chi connectivity index (χ3v) is 11.0. The fourth-order valence-electron chi connectivity index (χ4n) is 8.56. The summed E-state index contributed by atoms with van der Waals surface area (Å²) in [6, 6.07) is 56.1. The molecule has 7 nitrogen and oxygen atoms in total. The minimum absolute atomic E-state index is 0.553. The number of hydrogen-bond donors (Lipinski definition) is 0. The first kappa shape index (κ1) is 31.5. The van der Waals surface area contributed by atoms with E-state index in [0.29, 0.717) is 17.5 Å². The first-order valence-corrected chi connectivity index (χ1v) is 18.9. The molecule has 12 aromatic rings. The van der Waals surface area contributed by atoms with Gasteiger partial charge in [0, 0.05) is 55.2 Å². The van der Waals surface area contributed by atoms with Crippen LogP contribution in [-0.2, 0) is 0 Å². The van der Waals surface area contributed by atoms with Crippen molar-refractivity contribution in [1.29, 1.82) is 0 Å². The molecule has 266 valence electrons. The van der Waals surface area contributed by atoms with Crippen LogP contribution in [0.15, 0.2) is 185 Å². The summed E-state index contributed by atoms with van der Waals surface area (Å²) in [6.45, 7) is 0. The average Bonchev–Trinajstić information content (AvgIpc) is 3.96. The van der Waals surface area contributed by atoms with Crippen molar-refractivity contribution in [3.8, 4) is 51.0 Å². The Morgan fingerprint density at radius 3 is 1.60 bits per heavy atom. The van der Waals surface area contributed by atoms with Crippen molar-refractivity contribution in [2.75, 3.05) is 0 Å². The van der Waals surface area contributed by atoms with Crippen LogP contribution >= 0.6 is 0 Å². The van der Waals surface area contributed by atoms with E-state index in [2.05, 4.69) is 113 Å². The molecule has 5 heterocycles. The second kappa shape index (κ2) is 12.3. The molecule has 7 heteroatoms. The Bertz CT molecular complexity index is 3500. The summed E-state index contributed by atoms with van der Waals surface area (Å²) in [5.74, 6) is 1.67. The molecule has 57 heavy (non-hydrogen) atoms. The molecule has 0 atom stereocenters. The number of pyridine rings is 1. The summed E-state index contributed by atoms with van der Waals surface area (Å²) in [6.07, 6.45) is 3.57. The van der Waals surface area contributed by atoms with Crippen LogP contribution in [0.5, 0.6) is 0 Å². The van der Waals surface area contributed by atoms with Gasteiger partial charge in [-0.15, -0.1) is 0 Å². The first-order valence-electron chi connectivity index (χ1n) is 18.9. The molecule has 0 aliphatic heterocycles. The molecular formula is C50H29N5O2. The molecule has 0 spiro atoms. The number of fused-ring (bicyclic) bond motifs is 9.